The van der Waals surface area contributed by atoms with Gasteiger partial charge in [-0.25, -0.2) is 14.4 Å². The Kier molecular flexibility index (Phi) is 25.7. The monoisotopic (exact) mass is 830 g/mol. The Morgan fingerprint density at radius 1 is 0.417 bits per heavy atom. The lowest BCUT2D eigenvalue weighted by atomic mass is 10.2. The van der Waals surface area contributed by atoms with Crippen molar-refractivity contribution in [1.29, 1.82) is 0 Å². The van der Waals surface area contributed by atoms with Crippen molar-refractivity contribution in [3.63, 3.8) is 0 Å². The van der Waals surface area contributed by atoms with Crippen LogP contribution in [0.3, 0.4) is 0 Å². The van der Waals surface area contributed by atoms with Crippen LogP contribution >= 0.6 is 0 Å². The van der Waals surface area contributed by atoms with Crippen molar-refractivity contribution >= 4 is 36.1 Å². The number of carbonyl (C=O) groups is 3. The van der Waals surface area contributed by atoms with E-state index in [2.05, 4.69) is 14.2 Å². The summed E-state index contributed by atoms with van der Waals surface area (Å²) in [6.07, 6.45) is 17.5. The number of carbonyl (C=O) groups excluding carboxylic acids is 3. The number of benzene rings is 3. The van der Waals surface area contributed by atoms with Crippen LogP contribution in [0.25, 0.3) is 18.2 Å². The first-order chi connectivity index (χ1) is 29.4. The molecule has 0 aliphatic heterocycles. The predicted octanol–water partition coefficient (Wildman–Crippen LogP) is 8.71. The van der Waals surface area contributed by atoms with Crippen LogP contribution in [-0.4, -0.2) is 98.2 Å². The summed E-state index contributed by atoms with van der Waals surface area (Å²) >= 11 is 0. The summed E-state index contributed by atoms with van der Waals surface area (Å²) in [5.41, 5.74) is 2.68. The Labute approximate surface area is 355 Å². The number of methoxy groups -OCH3 is 3. The van der Waals surface area contributed by atoms with Gasteiger partial charge in [0.15, 0.2) is 0 Å². The number of rotatable bonds is 32. The van der Waals surface area contributed by atoms with Gasteiger partial charge in [0.1, 0.15) is 23.4 Å². The van der Waals surface area contributed by atoms with Gasteiger partial charge in [-0.1, -0.05) is 36.4 Å². The highest BCUT2D eigenvalue weighted by Gasteiger charge is 2.11. The number of esters is 3. The number of hydrogen-bond acceptors (Lipinski definition) is 12. The van der Waals surface area contributed by atoms with Crippen LogP contribution in [0.4, 0.5) is 0 Å². The van der Waals surface area contributed by atoms with E-state index in [-0.39, 0.29) is 6.10 Å². The molecule has 0 atom stereocenters. The second-order valence-electron chi connectivity index (χ2n) is 13.6. The normalized spacial score (nSPS) is 11.8. The topological polar surface area (TPSA) is 134 Å². The van der Waals surface area contributed by atoms with Crippen molar-refractivity contribution in [1.82, 2.24) is 0 Å². The fourth-order valence-corrected chi connectivity index (χ4v) is 5.46. The maximum absolute atomic E-state index is 11.3. The van der Waals surface area contributed by atoms with E-state index >= 15 is 0 Å². The fraction of sp³-hybridized carbons (Fsp3) is 0.438. The molecule has 0 aliphatic carbocycles. The second-order valence-corrected chi connectivity index (χ2v) is 13.6. The molecule has 0 aliphatic rings. The molecule has 0 aromatic heterocycles. The van der Waals surface area contributed by atoms with Crippen LogP contribution in [0, 0.1) is 0 Å². The van der Waals surface area contributed by atoms with E-state index in [1.54, 1.807) is 18.2 Å². The first-order valence-corrected chi connectivity index (χ1v) is 20.6. The molecule has 0 fully saturated rings. The molecule has 0 saturated heterocycles. The molecule has 60 heavy (non-hydrogen) atoms. The first-order valence-electron chi connectivity index (χ1n) is 20.6. The van der Waals surface area contributed by atoms with E-state index in [4.69, 9.17) is 28.4 Å². The summed E-state index contributed by atoms with van der Waals surface area (Å²) in [4.78, 5) is 33.9. The molecule has 3 aromatic rings. The third-order valence-corrected chi connectivity index (χ3v) is 8.90. The zero-order chi connectivity index (χ0) is 42.9. The summed E-state index contributed by atoms with van der Waals surface area (Å²) in [7, 11) is 4.05. The Hall–Kier alpha value is -5.43. The van der Waals surface area contributed by atoms with Crippen LogP contribution in [0.2, 0.25) is 0 Å². The highest BCUT2D eigenvalue weighted by atomic mass is 16.6. The van der Waals surface area contributed by atoms with Crippen LogP contribution in [0.15, 0.2) is 91.0 Å². The van der Waals surface area contributed by atoms with Gasteiger partial charge in [0, 0.05) is 38.0 Å². The Morgan fingerprint density at radius 3 is 1.03 bits per heavy atom. The lowest BCUT2D eigenvalue weighted by Crippen LogP contribution is -2.27. The molecule has 0 N–H and O–H groups in total. The second kappa shape index (κ2) is 31.5. The van der Waals surface area contributed by atoms with Crippen molar-refractivity contribution in [2.45, 2.75) is 63.9 Å². The molecule has 0 saturated carbocycles. The minimum Gasteiger partial charge on any atom is -0.494 e. The van der Waals surface area contributed by atoms with Crippen molar-refractivity contribution in [3.05, 3.63) is 108 Å². The van der Waals surface area contributed by atoms with Gasteiger partial charge in [-0.2, -0.15) is 0 Å². The van der Waals surface area contributed by atoms with Crippen molar-refractivity contribution in [3.8, 4) is 17.2 Å². The minimum atomic E-state index is -0.392. The van der Waals surface area contributed by atoms with E-state index in [1.807, 2.05) is 72.8 Å². The van der Waals surface area contributed by atoms with E-state index in [1.165, 1.54) is 39.6 Å². The molecule has 0 amide bonds. The van der Waals surface area contributed by atoms with Gasteiger partial charge in [-0.15, -0.1) is 0 Å². The molecule has 3 aromatic carbocycles. The summed E-state index contributed by atoms with van der Waals surface area (Å²) < 4.78 is 49.7. The Balaban J connectivity index is 1.30. The third-order valence-electron chi connectivity index (χ3n) is 8.90. The Morgan fingerprint density at radius 2 is 0.717 bits per heavy atom. The maximum atomic E-state index is 11.3. The van der Waals surface area contributed by atoms with E-state index < -0.39 is 17.9 Å². The summed E-state index contributed by atoms with van der Waals surface area (Å²) in [5, 5.41) is 0. The fourth-order valence-electron chi connectivity index (χ4n) is 5.46. The van der Waals surface area contributed by atoms with Crippen molar-refractivity contribution < 1.29 is 57.0 Å². The summed E-state index contributed by atoms with van der Waals surface area (Å²) in [6.45, 7) is 4.63. The van der Waals surface area contributed by atoms with Gasteiger partial charge in [0.25, 0.3) is 0 Å². The van der Waals surface area contributed by atoms with Gasteiger partial charge >= 0.3 is 17.9 Å². The SMILES string of the molecule is COC(=O)C=Cc1ccc(OCCCCCOCC(COCCCCCOc2ccc(C=CC(=O)OC)cc2)OCCCCCOc2ccc(C=CC(=O)OC)cc2)cc1. The lowest BCUT2D eigenvalue weighted by molar-refractivity contribution is -0.135. The summed E-state index contributed by atoms with van der Waals surface area (Å²) in [6, 6.07) is 22.7. The molecule has 0 unspecified atom stereocenters. The van der Waals surface area contributed by atoms with Crippen molar-refractivity contribution in [2.75, 3.05) is 74.2 Å². The van der Waals surface area contributed by atoms with Crippen LogP contribution in [0.5, 0.6) is 17.2 Å². The quantitative estimate of drug-likeness (QED) is 0.0258. The third kappa shape index (κ3) is 23.2. The molecule has 0 radical (unpaired) electrons. The highest BCUT2D eigenvalue weighted by molar-refractivity contribution is 5.88. The molecule has 12 heteroatoms. The van der Waals surface area contributed by atoms with Crippen LogP contribution in [-0.2, 0) is 42.8 Å². The Bertz CT molecular complexity index is 1610. The van der Waals surface area contributed by atoms with E-state index in [0.29, 0.717) is 52.9 Å². The number of hydrogen-bond donors (Lipinski definition) is 0. The highest BCUT2D eigenvalue weighted by Crippen LogP contribution is 2.17. The minimum absolute atomic E-state index is 0.157. The smallest absolute Gasteiger partial charge is 0.330 e. The molecule has 0 bridgehead atoms. The van der Waals surface area contributed by atoms with Gasteiger partial charge in [0.2, 0.25) is 0 Å². The lowest BCUT2D eigenvalue weighted by Gasteiger charge is -2.18. The largest absolute Gasteiger partial charge is 0.494 e. The zero-order valence-electron chi connectivity index (χ0n) is 35.4. The molecule has 326 valence electrons. The van der Waals surface area contributed by atoms with E-state index in [9.17, 15) is 14.4 Å². The standard InChI is InChI=1S/C48H62O12/c1-52-46(49)28-19-39-13-22-42(23-14-39)57-33-9-4-7-31-55-37-45(60-36-12-6-11-35-59-44-26-17-41(18-27-44)21-30-48(51)54-3)38-56-32-8-5-10-34-58-43-24-15-40(16-25-43)20-29-47(50)53-2/h13-30,45H,4-12,31-38H2,1-3H3. The van der Waals surface area contributed by atoms with Gasteiger partial charge in [0.05, 0.1) is 54.4 Å². The first kappa shape index (κ1) is 48.9. The average molecular weight is 831 g/mol. The summed E-state index contributed by atoms with van der Waals surface area (Å²) in [5.74, 6) is 1.18. The van der Waals surface area contributed by atoms with Crippen molar-refractivity contribution in [2.24, 2.45) is 0 Å². The van der Waals surface area contributed by atoms with Gasteiger partial charge in [-0.3, -0.25) is 0 Å². The van der Waals surface area contributed by atoms with E-state index in [0.717, 1.165) is 91.7 Å². The molecule has 0 heterocycles. The van der Waals surface area contributed by atoms with Gasteiger partial charge in [-0.05, 0) is 129 Å². The number of unbranched alkanes of at least 4 members (excludes halogenated alkanes) is 6. The molecular weight excluding hydrogens is 769 g/mol. The zero-order valence-corrected chi connectivity index (χ0v) is 35.4. The predicted molar refractivity (Wildman–Crippen MR) is 232 cm³/mol. The molecule has 12 nitrogen and oxygen atoms in total. The van der Waals surface area contributed by atoms with Crippen LogP contribution < -0.4 is 14.2 Å². The maximum Gasteiger partial charge on any atom is 0.330 e. The molecule has 3 rings (SSSR count). The van der Waals surface area contributed by atoms with Gasteiger partial charge < -0.3 is 42.6 Å². The number of ether oxygens (including phenoxy) is 9. The van der Waals surface area contributed by atoms with Crippen LogP contribution in [0.1, 0.15) is 74.5 Å². The molecular formula is C48H62O12. The molecule has 0 spiro atoms. The average Bonchev–Trinajstić information content (AvgIpc) is 3.28.